The Labute approximate surface area is 166 Å². The standard InChI is InChI=1S/C14H25BrN6O5S/c1-4-9-25-14(22)11-10-19(27(23,24)18(5-2)6-3)7-8-20(11)21-12(15)13(16)26-17-21/h11,16H,4-10H2,1-3H3. The van der Waals surface area contributed by atoms with Gasteiger partial charge in [0.15, 0.2) is 0 Å². The van der Waals surface area contributed by atoms with Crippen LogP contribution in [0.5, 0.6) is 0 Å². The van der Waals surface area contributed by atoms with Crippen molar-refractivity contribution in [3.05, 3.63) is 10.2 Å². The normalized spacial score (nSPS) is 18.9. The molecule has 11 nitrogen and oxygen atoms in total. The molecule has 0 bridgehead atoms. The van der Waals surface area contributed by atoms with Crippen LogP contribution in [0.15, 0.2) is 9.13 Å². The summed E-state index contributed by atoms with van der Waals surface area (Å²) in [4.78, 5) is 13.9. The van der Waals surface area contributed by atoms with E-state index in [1.54, 1.807) is 13.8 Å². The van der Waals surface area contributed by atoms with Crippen LogP contribution in [0, 0.1) is 5.41 Å². The highest BCUT2D eigenvalue weighted by Gasteiger charge is 2.40. The van der Waals surface area contributed by atoms with Gasteiger partial charge in [-0.1, -0.05) is 25.6 Å². The van der Waals surface area contributed by atoms with E-state index in [4.69, 9.17) is 14.7 Å². The van der Waals surface area contributed by atoms with Gasteiger partial charge in [0, 0.05) is 48.7 Å². The van der Waals surface area contributed by atoms with Crippen LogP contribution in [0.4, 0.5) is 0 Å². The summed E-state index contributed by atoms with van der Waals surface area (Å²) in [6.45, 7) is 6.59. The Balaban J connectivity index is 2.33. The molecule has 2 heterocycles. The topological polar surface area (TPSA) is 125 Å². The molecule has 154 valence electrons. The summed E-state index contributed by atoms with van der Waals surface area (Å²) in [5.74, 6) is -0.551. The molecule has 0 aliphatic carbocycles. The summed E-state index contributed by atoms with van der Waals surface area (Å²) in [5, 5.41) is 12.9. The molecule has 1 atom stereocenters. The van der Waals surface area contributed by atoms with E-state index in [1.807, 2.05) is 6.92 Å². The minimum absolute atomic E-state index is 0.0823. The number of hydrogen-bond acceptors (Lipinski definition) is 7. The molecule has 1 aromatic rings. The van der Waals surface area contributed by atoms with Crippen molar-refractivity contribution in [2.75, 3.05) is 44.3 Å². The molecule has 1 saturated heterocycles. The fourth-order valence-electron chi connectivity index (χ4n) is 2.80. The molecule has 0 aromatic carbocycles. The zero-order valence-corrected chi connectivity index (χ0v) is 18.0. The van der Waals surface area contributed by atoms with Crippen molar-refractivity contribution in [2.24, 2.45) is 0 Å². The fraction of sp³-hybridized carbons (Fsp3) is 0.786. The Kier molecular flexibility index (Phi) is 7.42. The maximum atomic E-state index is 12.8. The Morgan fingerprint density at radius 1 is 1.41 bits per heavy atom. The average molecular weight is 469 g/mol. The van der Waals surface area contributed by atoms with E-state index in [0.717, 1.165) is 0 Å². The first-order valence-corrected chi connectivity index (χ1v) is 10.9. The van der Waals surface area contributed by atoms with Gasteiger partial charge in [-0.15, -0.1) is 0 Å². The van der Waals surface area contributed by atoms with Gasteiger partial charge in [-0.3, -0.25) is 15.2 Å². The summed E-state index contributed by atoms with van der Waals surface area (Å²) in [6.07, 6.45) is 0.650. The quantitative estimate of drug-likeness (QED) is 0.380. The highest BCUT2D eigenvalue weighted by Crippen LogP contribution is 2.15. The Morgan fingerprint density at radius 3 is 2.59 bits per heavy atom. The summed E-state index contributed by atoms with van der Waals surface area (Å²) < 4.78 is 38.6. The summed E-state index contributed by atoms with van der Waals surface area (Å²) in [6, 6.07) is -0.915. The van der Waals surface area contributed by atoms with Crippen LogP contribution in [0.1, 0.15) is 27.2 Å². The van der Waals surface area contributed by atoms with Crippen molar-refractivity contribution in [1.82, 2.24) is 13.9 Å². The van der Waals surface area contributed by atoms with E-state index < -0.39 is 22.2 Å². The van der Waals surface area contributed by atoms with Crippen molar-refractivity contribution in [3.63, 3.8) is 0 Å². The van der Waals surface area contributed by atoms with Crippen molar-refractivity contribution in [2.45, 2.75) is 33.2 Å². The zero-order valence-electron chi connectivity index (χ0n) is 15.6. The van der Waals surface area contributed by atoms with E-state index in [-0.39, 0.29) is 36.4 Å². The van der Waals surface area contributed by atoms with Crippen LogP contribution in [0.25, 0.3) is 0 Å². The molecule has 1 N–H and O–H groups in total. The minimum atomic E-state index is -3.69. The number of halogens is 1. The monoisotopic (exact) mass is 468 g/mol. The van der Waals surface area contributed by atoms with Gasteiger partial charge in [0.1, 0.15) is 6.04 Å². The van der Waals surface area contributed by atoms with Gasteiger partial charge in [-0.05, 0) is 11.7 Å². The summed E-state index contributed by atoms with van der Waals surface area (Å²) >= 11 is 3.20. The number of esters is 1. The Morgan fingerprint density at radius 2 is 2.07 bits per heavy atom. The van der Waals surface area contributed by atoms with Gasteiger partial charge in [-0.25, -0.2) is 0 Å². The second kappa shape index (κ2) is 9.17. The van der Waals surface area contributed by atoms with E-state index in [9.17, 15) is 13.2 Å². The maximum Gasteiger partial charge on any atom is 0.332 e. The van der Waals surface area contributed by atoms with Crippen molar-refractivity contribution in [3.8, 4) is 0 Å². The molecule has 1 aliphatic heterocycles. The number of aromatic nitrogens is 2. The number of piperazine rings is 1. The van der Waals surface area contributed by atoms with Gasteiger partial charge in [0.25, 0.3) is 10.2 Å². The number of nitrogens with zero attached hydrogens (tertiary/aromatic N) is 5. The average Bonchev–Trinajstić information content (AvgIpc) is 2.98. The number of rotatable bonds is 8. The molecule has 0 spiro atoms. The van der Waals surface area contributed by atoms with Crippen LogP contribution in [-0.4, -0.2) is 68.4 Å². The third kappa shape index (κ3) is 4.52. The predicted molar refractivity (Wildman–Crippen MR) is 97.3 cm³/mol. The first-order valence-electron chi connectivity index (χ1n) is 8.75. The fourth-order valence-corrected chi connectivity index (χ4v) is 4.76. The van der Waals surface area contributed by atoms with Gasteiger partial charge in [-0.2, -0.15) is 17.0 Å². The lowest BCUT2D eigenvalue weighted by Crippen LogP contribution is -2.74. The van der Waals surface area contributed by atoms with Gasteiger partial charge in [0.2, 0.25) is 0 Å². The molecule has 1 fully saturated rings. The first-order chi connectivity index (χ1) is 12.8. The van der Waals surface area contributed by atoms with E-state index in [1.165, 1.54) is 18.4 Å². The second-order valence-electron chi connectivity index (χ2n) is 5.88. The molecule has 1 aliphatic rings. The molecule has 0 radical (unpaired) electrons. The molecule has 0 amide bonds. The van der Waals surface area contributed by atoms with Crippen LogP contribution in [-0.2, 0) is 19.7 Å². The third-order valence-corrected chi connectivity index (χ3v) is 7.04. The Bertz CT molecular complexity index is 805. The van der Waals surface area contributed by atoms with Gasteiger partial charge in [0.05, 0.1) is 6.61 Å². The van der Waals surface area contributed by atoms with Crippen LogP contribution >= 0.6 is 15.9 Å². The number of nitrogens with one attached hydrogen (secondary N) is 1. The van der Waals surface area contributed by atoms with Crippen molar-refractivity contribution < 1.29 is 27.3 Å². The molecule has 1 aromatic heterocycles. The van der Waals surface area contributed by atoms with Gasteiger partial charge >= 0.3 is 16.1 Å². The molecular weight excluding hydrogens is 444 g/mol. The molecule has 0 saturated carbocycles. The van der Waals surface area contributed by atoms with Crippen molar-refractivity contribution >= 4 is 32.1 Å². The second-order valence-corrected chi connectivity index (χ2v) is 8.56. The molecule has 27 heavy (non-hydrogen) atoms. The molecule has 2 rings (SSSR count). The number of carbonyl (C=O) groups is 1. The highest BCUT2D eigenvalue weighted by atomic mass is 79.9. The van der Waals surface area contributed by atoms with Crippen molar-refractivity contribution in [1.29, 1.82) is 5.41 Å². The molecule has 1 unspecified atom stereocenters. The van der Waals surface area contributed by atoms with Crippen LogP contribution in [0.3, 0.4) is 0 Å². The lowest BCUT2D eigenvalue weighted by atomic mass is 10.2. The van der Waals surface area contributed by atoms with Crippen LogP contribution in [0.2, 0.25) is 0 Å². The summed E-state index contributed by atoms with van der Waals surface area (Å²) in [7, 11) is -3.69. The lowest BCUT2D eigenvalue weighted by Gasteiger charge is -2.41. The largest absolute Gasteiger partial charge is 0.465 e. The van der Waals surface area contributed by atoms with Gasteiger partial charge < -0.3 is 9.26 Å². The van der Waals surface area contributed by atoms with E-state index in [2.05, 4.69) is 21.2 Å². The van der Waals surface area contributed by atoms with Crippen LogP contribution < -0.4 is 20.6 Å². The first kappa shape index (κ1) is 21.9. The maximum absolute atomic E-state index is 12.8. The highest BCUT2D eigenvalue weighted by molar-refractivity contribution is 9.10. The lowest BCUT2D eigenvalue weighted by molar-refractivity contribution is -0.775. The molecule has 13 heteroatoms. The number of ether oxygens (including phenoxy) is 1. The zero-order chi connectivity index (χ0) is 20.2. The summed E-state index contributed by atoms with van der Waals surface area (Å²) in [5.41, 5.74) is -0.200. The SMILES string of the molecule is CCCOC(=O)C1CN(S(=O)(=O)N(CC)CC)CCN1[n+]1[n-]oc(=N)c1Br. The minimum Gasteiger partial charge on any atom is -0.465 e. The molecular formula is C14H25BrN6O5S. The number of carbonyl (C=O) groups excluding carboxylic acids is 1. The van der Waals surface area contributed by atoms with E-state index in [0.29, 0.717) is 19.5 Å². The van der Waals surface area contributed by atoms with E-state index >= 15 is 0 Å². The Hall–Kier alpha value is -1.44. The predicted octanol–water partition coefficient (Wildman–Crippen LogP) is -1.07. The third-order valence-electron chi connectivity index (χ3n) is 4.21. The smallest absolute Gasteiger partial charge is 0.332 e. The number of hydrogen-bond donors (Lipinski definition) is 1.